The van der Waals surface area contributed by atoms with E-state index in [4.69, 9.17) is 5.73 Å². The maximum absolute atomic E-state index is 14.6. The van der Waals surface area contributed by atoms with Crippen LogP contribution in [0.3, 0.4) is 0 Å². The predicted octanol–water partition coefficient (Wildman–Crippen LogP) is 1.46. The zero-order valence-corrected chi connectivity index (χ0v) is 14.2. The number of rotatable bonds is 2. The molecule has 134 valence electrons. The first-order chi connectivity index (χ1) is 12.3. The number of benzene rings is 1. The van der Waals surface area contributed by atoms with Gasteiger partial charge in [0.05, 0.1) is 16.6 Å². The normalized spacial score (nSPS) is 19.8. The number of hydrogen-bond acceptors (Lipinski definition) is 5. The van der Waals surface area contributed by atoms with Crippen molar-refractivity contribution in [3.05, 3.63) is 46.0 Å². The highest BCUT2D eigenvalue weighted by Gasteiger charge is 2.34. The summed E-state index contributed by atoms with van der Waals surface area (Å²) in [7, 11) is 1.62. The third-order valence-electron chi connectivity index (χ3n) is 5.07. The minimum absolute atomic E-state index is 0.00456. The molecule has 2 atom stereocenters. The van der Waals surface area contributed by atoms with Gasteiger partial charge in [0.2, 0.25) is 5.43 Å². The molecule has 1 aliphatic rings. The molecule has 0 saturated carbocycles. The Labute approximate surface area is 147 Å². The summed E-state index contributed by atoms with van der Waals surface area (Å²) in [5.41, 5.74) is 6.21. The van der Waals surface area contributed by atoms with Crippen LogP contribution in [0.2, 0.25) is 0 Å². The molecule has 1 fully saturated rings. The fraction of sp³-hybridized carbons (Fsp3) is 0.278. The molecule has 4 rings (SSSR count). The van der Waals surface area contributed by atoms with Gasteiger partial charge in [-0.15, -0.1) is 0 Å². The van der Waals surface area contributed by atoms with Gasteiger partial charge in [0.1, 0.15) is 17.0 Å². The van der Waals surface area contributed by atoms with Gasteiger partial charge >= 0.3 is 5.97 Å². The van der Waals surface area contributed by atoms with E-state index in [2.05, 4.69) is 4.98 Å². The Morgan fingerprint density at radius 1 is 1.38 bits per heavy atom. The molecule has 8 heteroatoms. The largest absolute Gasteiger partial charge is 0.477 e. The predicted molar refractivity (Wildman–Crippen MR) is 96.2 cm³/mol. The fourth-order valence-corrected chi connectivity index (χ4v) is 3.40. The van der Waals surface area contributed by atoms with Crippen molar-refractivity contribution in [2.24, 2.45) is 12.8 Å². The molecule has 0 aliphatic carbocycles. The Morgan fingerprint density at radius 3 is 2.73 bits per heavy atom. The Balaban J connectivity index is 1.97. The lowest BCUT2D eigenvalue weighted by Gasteiger charge is -2.46. The fourth-order valence-electron chi connectivity index (χ4n) is 3.40. The molecule has 0 spiro atoms. The minimum atomic E-state index is -1.31. The lowest BCUT2D eigenvalue weighted by molar-refractivity contribution is 0.0695. The SMILES string of the molecule is C[C@H]1[C@H](N)CN1c1cc2nc3c(cc2cc1F)c(=O)c(C(=O)O)cn3C. The molecule has 3 N–H and O–H groups in total. The number of aromatic nitrogens is 2. The second-order valence-corrected chi connectivity index (χ2v) is 6.70. The topological polar surface area (TPSA) is 101 Å². The first-order valence-corrected chi connectivity index (χ1v) is 8.17. The minimum Gasteiger partial charge on any atom is -0.477 e. The first kappa shape index (κ1) is 16.5. The number of halogens is 1. The lowest BCUT2D eigenvalue weighted by Crippen LogP contribution is -2.63. The standard InChI is InChI=1S/C18H17FN4O3/c1-8-13(20)7-23(8)15-5-14-9(4-12(15)19)3-10-16(24)11(18(25)26)6-22(2)17(10)21-14/h3-6,8,13H,7,20H2,1-2H3,(H,25,26)/t8-,13+/m0/s1. The summed E-state index contributed by atoms with van der Waals surface area (Å²) < 4.78 is 16.1. The summed E-state index contributed by atoms with van der Waals surface area (Å²) in [6.07, 6.45) is 1.24. The number of hydrogen-bond donors (Lipinski definition) is 2. The van der Waals surface area contributed by atoms with Crippen molar-refractivity contribution in [3.63, 3.8) is 0 Å². The molecule has 3 aromatic rings. The van der Waals surface area contributed by atoms with Crippen molar-refractivity contribution in [2.75, 3.05) is 11.4 Å². The number of aryl methyl sites for hydroxylation is 1. The third-order valence-corrected chi connectivity index (χ3v) is 5.07. The van der Waals surface area contributed by atoms with Crippen LogP contribution < -0.4 is 16.1 Å². The number of aromatic carboxylic acids is 1. The van der Waals surface area contributed by atoms with E-state index in [1.807, 2.05) is 11.8 Å². The van der Waals surface area contributed by atoms with Gasteiger partial charge in [-0.1, -0.05) is 0 Å². The van der Waals surface area contributed by atoms with Gasteiger partial charge in [0.25, 0.3) is 0 Å². The molecule has 1 aromatic carbocycles. The number of fused-ring (bicyclic) bond motifs is 2. The molecule has 1 aliphatic heterocycles. The van der Waals surface area contributed by atoms with Gasteiger partial charge in [-0.05, 0) is 25.1 Å². The van der Waals surface area contributed by atoms with E-state index in [1.54, 1.807) is 13.1 Å². The average Bonchev–Trinajstić information content (AvgIpc) is 2.60. The van der Waals surface area contributed by atoms with Crippen LogP contribution in [0.5, 0.6) is 0 Å². The van der Waals surface area contributed by atoms with Gasteiger partial charge in [0.15, 0.2) is 0 Å². The van der Waals surface area contributed by atoms with Crippen LogP contribution in [0.4, 0.5) is 10.1 Å². The van der Waals surface area contributed by atoms with E-state index in [9.17, 15) is 19.1 Å². The van der Waals surface area contributed by atoms with E-state index in [0.717, 1.165) is 0 Å². The van der Waals surface area contributed by atoms with Crippen molar-refractivity contribution in [1.29, 1.82) is 0 Å². The average molecular weight is 356 g/mol. The van der Waals surface area contributed by atoms with Crippen molar-refractivity contribution in [3.8, 4) is 0 Å². The van der Waals surface area contributed by atoms with Crippen molar-refractivity contribution >= 4 is 33.6 Å². The number of carboxylic acid groups (broad SMARTS) is 1. The zero-order valence-electron chi connectivity index (χ0n) is 14.2. The molecular weight excluding hydrogens is 339 g/mol. The van der Waals surface area contributed by atoms with Gasteiger partial charge < -0.3 is 20.3 Å². The highest BCUT2D eigenvalue weighted by Crippen LogP contribution is 2.32. The van der Waals surface area contributed by atoms with Gasteiger partial charge in [-0.3, -0.25) is 4.79 Å². The van der Waals surface area contributed by atoms with Crippen LogP contribution in [-0.2, 0) is 7.05 Å². The first-order valence-electron chi connectivity index (χ1n) is 8.17. The summed E-state index contributed by atoms with van der Waals surface area (Å²) in [5.74, 6) is -1.74. The second kappa shape index (κ2) is 5.50. The van der Waals surface area contributed by atoms with E-state index in [0.29, 0.717) is 28.8 Å². The molecule has 0 amide bonds. The van der Waals surface area contributed by atoms with E-state index in [-0.39, 0.29) is 23.0 Å². The van der Waals surface area contributed by atoms with Crippen molar-refractivity contribution in [2.45, 2.75) is 19.0 Å². The number of carbonyl (C=O) groups is 1. The highest BCUT2D eigenvalue weighted by molar-refractivity contribution is 5.96. The molecule has 0 unspecified atom stereocenters. The number of carboxylic acids is 1. The summed E-state index contributed by atoms with van der Waals surface area (Å²) in [6, 6.07) is 4.49. The summed E-state index contributed by atoms with van der Waals surface area (Å²) in [5, 5.41) is 9.76. The molecule has 1 saturated heterocycles. The summed E-state index contributed by atoms with van der Waals surface area (Å²) >= 11 is 0. The molecule has 3 heterocycles. The van der Waals surface area contributed by atoms with Crippen LogP contribution in [0, 0.1) is 5.82 Å². The maximum Gasteiger partial charge on any atom is 0.341 e. The van der Waals surface area contributed by atoms with Crippen molar-refractivity contribution < 1.29 is 14.3 Å². The molecule has 2 aromatic heterocycles. The van der Waals surface area contributed by atoms with Crippen LogP contribution in [0.25, 0.3) is 21.9 Å². The van der Waals surface area contributed by atoms with Gasteiger partial charge in [-0.2, -0.15) is 0 Å². The summed E-state index contributed by atoms with van der Waals surface area (Å²) in [4.78, 5) is 30.0. The molecule has 0 radical (unpaired) electrons. The zero-order chi connectivity index (χ0) is 18.7. The van der Waals surface area contributed by atoms with Crippen LogP contribution in [0.1, 0.15) is 17.3 Å². The number of nitrogens with two attached hydrogens (primary N) is 1. The quantitative estimate of drug-likeness (QED) is 0.674. The van der Waals surface area contributed by atoms with Crippen LogP contribution in [-0.4, -0.2) is 39.3 Å². The van der Waals surface area contributed by atoms with Gasteiger partial charge in [0, 0.05) is 37.3 Å². The lowest BCUT2D eigenvalue weighted by atomic mass is 9.97. The van der Waals surface area contributed by atoms with Crippen LogP contribution in [0.15, 0.2) is 29.2 Å². The summed E-state index contributed by atoms with van der Waals surface area (Å²) in [6.45, 7) is 2.50. The van der Waals surface area contributed by atoms with E-state index in [1.165, 1.54) is 22.9 Å². The molecular formula is C18H17FN4O3. The maximum atomic E-state index is 14.6. The Kier molecular flexibility index (Phi) is 3.48. The van der Waals surface area contributed by atoms with Crippen molar-refractivity contribution in [1.82, 2.24) is 9.55 Å². The number of pyridine rings is 2. The Hall–Kier alpha value is -3.00. The van der Waals surface area contributed by atoms with Gasteiger partial charge in [-0.25, -0.2) is 14.2 Å². The Bertz CT molecular complexity index is 1140. The number of anilines is 1. The molecule has 0 bridgehead atoms. The smallest absolute Gasteiger partial charge is 0.341 e. The number of nitrogens with zero attached hydrogens (tertiary/aromatic N) is 3. The monoisotopic (exact) mass is 356 g/mol. The molecule has 7 nitrogen and oxygen atoms in total. The van der Waals surface area contributed by atoms with E-state index < -0.39 is 17.2 Å². The van der Waals surface area contributed by atoms with E-state index >= 15 is 0 Å². The third kappa shape index (κ3) is 2.26. The molecule has 26 heavy (non-hydrogen) atoms. The van der Waals surface area contributed by atoms with Crippen LogP contribution >= 0.6 is 0 Å². The second-order valence-electron chi connectivity index (χ2n) is 6.70. The Morgan fingerprint density at radius 2 is 2.12 bits per heavy atom. The highest BCUT2D eigenvalue weighted by atomic mass is 19.1.